The van der Waals surface area contributed by atoms with Crippen LogP contribution in [0.5, 0.6) is 0 Å². The van der Waals surface area contributed by atoms with Crippen LogP contribution < -0.4 is 5.32 Å². The van der Waals surface area contributed by atoms with E-state index >= 15 is 0 Å². The second-order valence-corrected chi connectivity index (χ2v) is 8.83. The molecule has 1 amide bonds. The maximum absolute atomic E-state index is 13.6. The molecule has 2 atom stereocenters. The molecule has 1 aromatic heterocycles. The van der Waals surface area contributed by atoms with Crippen molar-refractivity contribution in [1.82, 2.24) is 25.1 Å². The van der Waals surface area contributed by atoms with Crippen LogP contribution in [-0.4, -0.2) is 83.5 Å². The number of H-pyrrole nitrogens is 1. The fourth-order valence-corrected chi connectivity index (χ4v) is 4.44. The first kappa shape index (κ1) is 21.7. The number of piperidine rings is 1. The number of morpholine rings is 1. The van der Waals surface area contributed by atoms with Crippen molar-refractivity contribution in [1.29, 1.82) is 5.41 Å². The highest BCUT2D eigenvalue weighted by molar-refractivity contribution is 5.94. The summed E-state index contributed by atoms with van der Waals surface area (Å²) in [4.78, 5) is 24.8. The molecule has 0 unspecified atom stereocenters. The summed E-state index contributed by atoms with van der Waals surface area (Å²) in [6, 6.07) is 4.23. The maximum Gasteiger partial charge on any atom is 0.289 e. The first-order valence-corrected chi connectivity index (χ1v) is 11.0. The molecule has 4 rings (SSSR count). The molecular formula is C22H31FN6O2. The van der Waals surface area contributed by atoms with E-state index in [1.54, 1.807) is 6.07 Å². The Morgan fingerprint density at radius 1 is 1.35 bits per heavy atom. The van der Waals surface area contributed by atoms with Gasteiger partial charge in [0.1, 0.15) is 11.7 Å². The Kier molecular flexibility index (Phi) is 6.52. The van der Waals surface area contributed by atoms with Gasteiger partial charge >= 0.3 is 0 Å². The lowest BCUT2D eigenvalue weighted by Gasteiger charge is -2.41. The number of nitrogens with zero attached hydrogens (tertiary/aromatic N) is 3. The molecule has 0 saturated carbocycles. The van der Waals surface area contributed by atoms with E-state index in [-0.39, 0.29) is 35.4 Å². The molecule has 2 fully saturated rings. The zero-order valence-corrected chi connectivity index (χ0v) is 18.2. The van der Waals surface area contributed by atoms with Crippen molar-refractivity contribution in [3.63, 3.8) is 0 Å². The van der Waals surface area contributed by atoms with E-state index in [0.29, 0.717) is 43.2 Å². The number of aromatic amines is 1. The van der Waals surface area contributed by atoms with E-state index in [4.69, 9.17) is 10.1 Å². The van der Waals surface area contributed by atoms with Crippen LogP contribution in [0.4, 0.5) is 4.39 Å². The van der Waals surface area contributed by atoms with E-state index in [0.717, 1.165) is 26.1 Å². The number of fused-ring (bicyclic) bond motifs is 1. The van der Waals surface area contributed by atoms with E-state index in [9.17, 15) is 9.18 Å². The van der Waals surface area contributed by atoms with Crippen LogP contribution in [0.25, 0.3) is 11.0 Å². The molecule has 0 aliphatic carbocycles. The minimum Gasteiger partial charge on any atom is -0.378 e. The summed E-state index contributed by atoms with van der Waals surface area (Å²) in [5.74, 6) is 0.628. The monoisotopic (exact) mass is 430 g/mol. The van der Waals surface area contributed by atoms with Crippen LogP contribution in [0.15, 0.2) is 18.2 Å². The number of nitrogens with one attached hydrogen (secondary N) is 3. The quantitative estimate of drug-likeness (QED) is 0.499. The Bertz CT molecular complexity index is 939. The topological polar surface area (TPSA) is 97.3 Å². The first-order valence-electron chi connectivity index (χ1n) is 11.0. The molecule has 3 N–H and O–H groups in total. The van der Waals surface area contributed by atoms with Gasteiger partial charge < -0.3 is 24.8 Å². The van der Waals surface area contributed by atoms with Gasteiger partial charge in [-0.2, -0.15) is 0 Å². The van der Waals surface area contributed by atoms with Gasteiger partial charge in [0, 0.05) is 44.7 Å². The highest BCUT2D eigenvalue weighted by Gasteiger charge is 2.34. The highest BCUT2D eigenvalue weighted by Crippen LogP contribution is 2.22. The molecule has 31 heavy (non-hydrogen) atoms. The fraction of sp³-hybridized carbons (Fsp3) is 0.591. The second-order valence-electron chi connectivity index (χ2n) is 8.83. The van der Waals surface area contributed by atoms with E-state index in [1.807, 2.05) is 4.90 Å². The van der Waals surface area contributed by atoms with Crippen molar-refractivity contribution in [2.45, 2.75) is 26.3 Å². The molecule has 2 aliphatic rings. The molecule has 0 bridgehead atoms. The Hall–Kier alpha value is -2.52. The van der Waals surface area contributed by atoms with Gasteiger partial charge in [0.15, 0.2) is 5.82 Å². The fourth-order valence-electron chi connectivity index (χ4n) is 4.44. The molecule has 0 spiro atoms. The zero-order chi connectivity index (χ0) is 22.0. The lowest BCUT2D eigenvalue weighted by molar-refractivity contribution is 0.0561. The third kappa shape index (κ3) is 4.88. The molecule has 9 heteroatoms. The number of amidine groups is 1. The van der Waals surface area contributed by atoms with Gasteiger partial charge in [0.25, 0.3) is 5.91 Å². The van der Waals surface area contributed by atoms with Gasteiger partial charge in [-0.25, -0.2) is 9.37 Å². The van der Waals surface area contributed by atoms with Gasteiger partial charge in [0.2, 0.25) is 0 Å². The Balaban J connectivity index is 1.53. The van der Waals surface area contributed by atoms with Gasteiger partial charge in [-0.05, 0) is 30.5 Å². The maximum atomic E-state index is 13.6. The van der Waals surface area contributed by atoms with Gasteiger partial charge in [0.05, 0.1) is 24.2 Å². The summed E-state index contributed by atoms with van der Waals surface area (Å²) < 4.78 is 19.0. The predicted octanol–water partition coefficient (Wildman–Crippen LogP) is 2.09. The third-order valence-corrected chi connectivity index (χ3v) is 5.98. The van der Waals surface area contributed by atoms with Crippen LogP contribution in [-0.2, 0) is 4.74 Å². The van der Waals surface area contributed by atoms with Crippen molar-refractivity contribution >= 4 is 22.8 Å². The number of amides is 1. The van der Waals surface area contributed by atoms with Crippen LogP contribution in [0.2, 0.25) is 0 Å². The van der Waals surface area contributed by atoms with E-state index in [1.165, 1.54) is 12.1 Å². The Morgan fingerprint density at radius 3 is 2.87 bits per heavy atom. The van der Waals surface area contributed by atoms with Crippen LogP contribution in [0.3, 0.4) is 0 Å². The lowest BCUT2D eigenvalue weighted by Crippen LogP contribution is -2.55. The summed E-state index contributed by atoms with van der Waals surface area (Å²) in [6.45, 7) is 8.95. The van der Waals surface area contributed by atoms with Crippen LogP contribution >= 0.6 is 0 Å². The Labute approximate surface area is 181 Å². The zero-order valence-electron chi connectivity index (χ0n) is 18.2. The Morgan fingerprint density at radius 2 is 2.13 bits per heavy atom. The number of benzene rings is 1. The minimum absolute atomic E-state index is 0.0417. The van der Waals surface area contributed by atoms with Crippen LogP contribution in [0.1, 0.15) is 30.9 Å². The van der Waals surface area contributed by atoms with Gasteiger partial charge in [-0.1, -0.05) is 13.8 Å². The molecule has 2 aromatic rings. The van der Waals surface area contributed by atoms with Crippen molar-refractivity contribution < 1.29 is 13.9 Å². The number of aromatic nitrogens is 2. The minimum atomic E-state index is -0.366. The summed E-state index contributed by atoms with van der Waals surface area (Å²) in [7, 11) is 0. The summed E-state index contributed by atoms with van der Waals surface area (Å²) in [5.41, 5.74) is 1.09. The average molecular weight is 431 g/mol. The van der Waals surface area contributed by atoms with E-state index in [2.05, 4.69) is 34.0 Å². The average Bonchev–Trinajstić information content (AvgIpc) is 3.20. The van der Waals surface area contributed by atoms with Crippen LogP contribution in [0, 0.1) is 23.1 Å². The number of carbonyl (C=O) groups is 1. The molecule has 3 heterocycles. The smallest absolute Gasteiger partial charge is 0.289 e. The summed E-state index contributed by atoms with van der Waals surface area (Å²) in [6.07, 6.45) is 0.733. The van der Waals surface area contributed by atoms with Gasteiger partial charge in [-0.15, -0.1) is 0 Å². The molecule has 2 aliphatic heterocycles. The molecular weight excluding hydrogens is 399 g/mol. The lowest BCUT2D eigenvalue weighted by atomic mass is 9.92. The number of carbonyl (C=O) groups excluding carboxylic acids is 1. The number of halogens is 1. The first-order chi connectivity index (χ1) is 14.9. The van der Waals surface area contributed by atoms with Gasteiger partial charge in [-0.3, -0.25) is 10.2 Å². The number of hydrogen-bond donors (Lipinski definition) is 3. The molecule has 2 saturated heterocycles. The van der Waals surface area contributed by atoms with Crippen molar-refractivity contribution in [2.24, 2.45) is 11.8 Å². The number of hydrogen-bond acceptors (Lipinski definition) is 5. The molecule has 1 aromatic carbocycles. The third-order valence-electron chi connectivity index (χ3n) is 5.98. The van der Waals surface area contributed by atoms with Crippen molar-refractivity contribution in [3.05, 3.63) is 29.8 Å². The van der Waals surface area contributed by atoms with E-state index < -0.39 is 0 Å². The summed E-state index contributed by atoms with van der Waals surface area (Å²) >= 11 is 0. The number of imidazole rings is 1. The SMILES string of the molecule is CC(C)CN(C(=O)c1nc2ccc(F)cc2[nH]1)[C@@H]1CNC[C@H](C(=N)N2CCOCC2)C1. The van der Waals surface area contributed by atoms with Crippen molar-refractivity contribution in [2.75, 3.05) is 45.9 Å². The summed E-state index contributed by atoms with van der Waals surface area (Å²) in [5, 5.41) is 12.1. The predicted molar refractivity (Wildman–Crippen MR) is 117 cm³/mol. The largest absolute Gasteiger partial charge is 0.378 e. The van der Waals surface area contributed by atoms with Crippen molar-refractivity contribution in [3.8, 4) is 0 Å². The standard InChI is InChI=1S/C22H31FN6O2/c1-14(2)13-29(22(30)21-26-18-4-3-16(23)10-19(18)27-21)17-9-15(11-25-12-17)20(24)28-5-7-31-8-6-28/h3-4,10,14-15,17,24-25H,5-9,11-13H2,1-2H3,(H,26,27)/t15-,17+/m1/s1. The normalized spacial score (nSPS) is 22.1. The molecule has 8 nitrogen and oxygen atoms in total. The number of rotatable bonds is 5. The highest BCUT2D eigenvalue weighted by atomic mass is 19.1. The molecule has 0 radical (unpaired) electrons. The molecule has 168 valence electrons. The number of ether oxygens (including phenoxy) is 1. The second kappa shape index (κ2) is 9.32.